The summed E-state index contributed by atoms with van der Waals surface area (Å²) >= 11 is 0. The first-order valence-corrected chi connectivity index (χ1v) is 3.84. The van der Waals surface area contributed by atoms with Crippen LogP contribution >= 0.6 is 0 Å². The summed E-state index contributed by atoms with van der Waals surface area (Å²) in [5.74, 6) is -0.500. The second-order valence-electron chi connectivity index (χ2n) is 2.65. The maximum Gasteiger partial charge on any atom is 0.158 e. The molecule has 0 bridgehead atoms. The number of benzene rings is 1. The number of nitriles is 1. The number of rotatable bonds is 2. The number of nitrogens with two attached hydrogens (primary N) is 1. The summed E-state index contributed by atoms with van der Waals surface area (Å²) in [5.41, 5.74) is 6.32. The Bertz CT molecular complexity index is 355. The van der Waals surface area contributed by atoms with Crippen molar-refractivity contribution < 1.29 is 10.2 Å². The first-order valence-electron chi connectivity index (χ1n) is 3.84. The van der Waals surface area contributed by atoms with E-state index in [4.69, 9.17) is 21.2 Å². The van der Waals surface area contributed by atoms with Crippen LogP contribution in [0.25, 0.3) is 0 Å². The number of phenols is 2. The molecule has 0 radical (unpaired) electrons. The van der Waals surface area contributed by atoms with Crippen molar-refractivity contribution in [3.05, 3.63) is 23.3 Å². The van der Waals surface area contributed by atoms with E-state index in [0.717, 1.165) is 0 Å². The van der Waals surface area contributed by atoms with Gasteiger partial charge in [0.15, 0.2) is 11.5 Å². The Kier molecular flexibility index (Phi) is 2.72. The van der Waals surface area contributed by atoms with Gasteiger partial charge < -0.3 is 15.9 Å². The van der Waals surface area contributed by atoms with Gasteiger partial charge in [0, 0.05) is 6.07 Å². The zero-order chi connectivity index (χ0) is 9.84. The lowest BCUT2D eigenvalue weighted by molar-refractivity contribution is 0.403. The van der Waals surface area contributed by atoms with Gasteiger partial charge in [-0.3, -0.25) is 0 Å². The van der Waals surface area contributed by atoms with Crippen molar-refractivity contribution in [2.45, 2.75) is 6.42 Å². The maximum absolute atomic E-state index is 9.15. The average Bonchev–Trinajstić information content (AvgIpc) is 2.11. The molecule has 1 aromatic rings. The molecule has 0 unspecified atom stereocenters. The van der Waals surface area contributed by atoms with Crippen molar-refractivity contribution in [2.24, 2.45) is 5.73 Å². The molecule has 0 aliphatic carbocycles. The van der Waals surface area contributed by atoms with E-state index < -0.39 is 0 Å². The van der Waals surface area contributed by atoms with E-state index in [2.05, 4.69) is 0 Å². The molecule has 0 spiro atoms. The van der Waals surface area contributed by atoms with Crippen molar-refractivity contribution in [3.63, 3.8) is 0 Å². The van der Waals surface area contributed by atoms with Crippen LogP contribution in [0.15, 0.2) is 12.1 Å². The zero-order valence-corrected chi connectivity index (χ0v) is 6.99. The van der Waals surface area contributed by atoms with Gasteiger partial charge in [-0.25, -0.2) is 0 Å². The summed E-state index contributed by atoms with van der Waals surface area (Å²) in [6, 6.07) is 4.52. The summed E-state index contributed by atoms with van der Waals surface area (Å²) in [6.07, 6.45) is 0.511. The Labute approximate surface area is 75.8 Å². The van der Waals surface area contributed by atoms with E-state index in [1.165, 1.54) is 12.1 Å². The second-order valence-corrected chi connectivity index (χ2v) is 2.65. The lowest BCUT2D eigenvalue weighted by atomic mass is 10.0. The van der Waals surface area contributed by atoms with E-state index in [1.807, 2.05) is 6.07 Å². The summed E-state index contributed by atoms with van der Waals surface area (Å²) in [7, 11) is 0. The number of phenolic OH excluding ortho intramolecular Hbond substituents is 2. The average molecular weight is 178 g/mol. The Balaban J connectivity index is 3.18. The van der Waals surface area contributed by atoms with Crippen molar-refractivity contribution in [3.8, 4) is 17.6 Å². The lowest BCUT2D eigenvalue weighted by Gasteiger charge is -2.04. The van der Waals surface area contributed by atoms with Crippen LogP contribution in [0.5, 0.6) is 11.5 Å². The molecule has 0 heterocycles. The van der Waals surface area contributed by atoms with E-state index >= 15 is 0 Å². The van der Waals surface area contributed by atoms with Gasteiger partial charge in [0.1, 0.15) is 0 Å². The first kappa shape index (κ1) is 9.36. The van der Waals surface area contributed by atoms with Crippen LogP contribution < -0.4 is 5.73 Å². The second kappa shape index (κ2) is 3.78. The van der Waals surface area contributed by atoms with E-state index in [1.54, 1.807) is 0 Å². The van der Waals surface area contributed by atoms with Gasteiger partial charge in [0.2, 0.25) is 0 Å². The normalized spacial score (nSPS) is 9.54. The quantitative estimate of drug-likeness (QED) is 0.574. The standard InChI is InChI=1S/C9H10N2O2/c10-2-1-6-3-8(12)9(13)4-7(6)5-11/h3-4,12-13H,1-2,10H2. The molecule has 0 saturated carbocycles. The molecule has 0 aromatic heterocycles. The third-order valence-electron chi connectivity index (χ3n) is 1.73. The van der Waals surface area contributed by atoms with Crippen LogP contribution in [0, 0.1) is 11.3 Å². The monoisotopic (exact) mass is 178 g/mol. The Hall–Kier alpha value is -1.73. The highest BCUT2D eigenvalue weighted by Gasteiger charge is 2.06. The predicted molar refractivity (Wildman–Crippen MR) is 47.2 cm³/mol. The van der Waals surface area contributed by atoms with Gasteiger partial charge in [-0.2, -0.15) is 5.26 Å². The first-order chi connectivity index (χ1) is 6.19. The fourth-order valence-corrected chi connectivity index (χ4v) is 1.09. The molecule has 13 heavy (non-hydrogen) atoms. The van der Waals surface area contributed by atoms with Gasteiger partial charge >= 0.3 is 0 Å². The molecule has 0 fully saturated rings. The maximum atomic E-state index is 9.15. The molecule has 1 aromatic carbocycles. The van der Waals surface area contributed by atoms with Crippen molar-refractivity contribution in [1.82, 2.24) is 0 Å². The van der Waals surface area contributed by atoms with E-state index in [0.29, 0.717) is 24.1 Å². The minimum atomic E-state index is -0.280. The molecule has 0 saturated heterocycles. The minimum Gasteiger partial charge on any atom is -0.504 e. The lowest BCUT2D eigenvalue weighted by Crippen LogP contribution is -2.04. The van der Waals surface area contributed by atoms with Crippen molar-refractivity contribution in [1.29, 1.82) is 5.26 Å². The third-order valence-corrected chi connectivity index (χ3v) is 1.73. The van der Waals surface area contributed by atoms with Crippen LogP contribution in [-0.2, 0) is 6.42 Å². The summed E-state index contributed by atoms with van der Waals surface area (Å²) in [4.78, 5) is 0. The Morgan fingerprint density at radius 1 is 1.31 bits per heavy atom. The van der Waals surface area contributed by atoms with Gasteiger partial charge in [-0.1, -0.05) is 0 Å². The SMILES string of the molecule is N#Cc1cc(O)c(O)cc1CCN. The van der Waals surface area contributed by atoms with Crippen LogP contribution in [0.1, 0.15) is 11.1 Å². The van der Waals surface area contributed by atoms with Gasteiger partial charge in [-0.05, 0) is 24.6 Å². The summed E-state index contributed by atoms with van der Waals surface area (Å²) < 4.78 is 0. The van der Waals surface area contributed by atoms with Crippen LogP contribution in [-0.4, -0.2) is 16.8 Å². The molecule has 4 N–H and O–H groups in total. The smallest absolute Gasteiger partial charge is 0.158 e. The number of aromatic hydroxyl groups is 2. The van der Waals surface area contributed by atoms with Crippen molar-refractivity contribution >= 4 is 0 Å². The topological polar surface area (TPSA) is 90.3 Å². The van der Waals surface area contributed by atoms with Gasteiger partial charge in [0.25, 0.3) is 0 Å². The van der Waals surface area contributed by atoms with Gasteiger partial charge in [-0.15, -0.1) is 0 Å². The summed E-state index contributed by atoms with van der Waals surface area (Å²) in [5, 5.41) is 26.9. The Morgan fingerprint density at radius 2 is 1.92 bits per heavy atom. The molecule has 68 valence electrons. The van der Waals surface area contributed by atoms with Crippen molar-refractivity contribution in [2.75, 3.05) is 6.54 Å². The number of hydrogen-bond donors (Lipinski definition) is 3. The highest BCUT2D eigenvalue weighted by Crippen LogP contribution is 2.27. The largest absolute Gasteiger partial charge is 0.504 e. The number of hydrogen-bond acceptors (Lipinski definition) is 4. The minimum absolute atomic E-state index is 0.220. The molecular weight excluding hydrogens is 168 g/mol. The molecule has 0 aliphatic rings. The van der Waals surface area contributed by atoms with E-state index in [-0.39, 0.29) is 11.5 Å². The highest BCUT2D eigenvalue weighted by molar-refractivity contribution is 5.50. The predicted octanol–water partition coefficient (Wildman–Crippen LogP) is 0.471. The molecule has 4 nitrogen and oxygen atoms in total. The summed E-state index contributed by atoms with van der Waals surface area (Å²) in [6.45, 7) is 0.402. The molecule has 1 rings (SSSR count). The fraction of sp³-hybridized carbons (Fsp3) is 0.222. The van der Waals surface area contributed by atoms with Crippen LogP contribution in [0.3, 0.4) is 0 Å². The zero-order valence-electron chi connectivity index (χ0n) is 6.99. The molecule has 0 aliphatic heterocycles. The Morgan fingerprint density at radius 3 is 2.46 bits per heavy atom. The highest BCUT2D eigenvalue weighted by atomic mass is 16.3. The molecule has 4 heteroatoms. The number of nitrogens with zero attached hydrogens (tertiary/aromatic N) is 1. The molecular formula is C9H10N2O2. The third kappa shape index (κ3) is 1.89. The fourth-order valence-electron chi connectivity index (χ4n) is 1.09. The van der Waals surface area contributed by atoms with Gasteiger partial charge in [0.05, 0.1) is 11.6 Å². The van der Waals surface area contributed by atoms with Crippen LogP contribution in [0.2, 0.25) is 0 Å². The molecule has 0 atom stereocenters. The van der Waals surface area contributed by atoms with E-state index in [9.17, 15) is 0 Å². The van der Waals surface area contributed by atoms with Crippen LogP contribution in [0.4, 0.5) is 0 Å². The molecule has 0 amide bonds.